The van der Waals surface area contributed by atoms with Gasteiger partial charge in [-0.25, -0.2) is 4.39 Å². The summed E-state index contributed by atoms with van der Waals surface area (Å²) in [4.78, 5) is 14.2. The SMILES string of the molecule is CN(Cc1ccccc1)c1ccc(NC(=S)NC(=O)c2cc3ccccc3o2)cc1F. The Morgan fingerprint density at radius 1 is 1.03 bits per heavy atom. The van der Waals surface area contributed by atoms with E-state index < -0.39 is 11.7 Å². The van der Waals surface area contributed by atoms with Gasteiger partial charge in [-0.2, -0.15) is 0 Å². The van der Waals surface area contributed by atoms with Crippen molar-refractivity contribution in [3.05, 3.63) is 96.0 Å². The van der Waals surface area contributed by atoms with Crippen LogP contribution in [0.4, 0.5) is 15.8 Å². The zero-order valence-corrected chi connectivity index (χ0v) is 17.6. The van der Waals surface area contributed by atoms with Crippen LogP contribution in [0, 0.1) is 5.82 Å². The number of halogens is 1. The standard InChI is InChI=1S/C24H20FN3O2S/c1-28(15-16-7-3-2-4-8-16)20-12-11-18(14-19(20)25)26-24(31)27-23(29)22-13-17-9-5-6-10-21(17)30-22/h2-14H,15H2,1H3,(H2,26,27,29,31). The van der Waals surface area contributed by atoms with Gasteiger partial charge in [-0.05, 0) is 48.1 Å². The molecular weight excluding hydrogens is 413 g/mol. The number of nitrogens with one attached hydrogen (secondary N) is 2. The average Bonchev–Trinajstić information content (AvgIpc) is 3.19. The first kappa shape index (κ1) is 20.6. The summed E-state index contributed by atoms with van der Waals surface area (Å²) >= 11 is 5.19. The van der Waals surface area contributed by atoms with E-state index in [0.29, 0.717) is 23.5 Å². The predicted molar refractivity (Wildman–Crippen MR) is 125 cm³/mol. The number of anilines is 2. The molecule has 4 aromatic rings. The van der Waals surface area contributed by atoms with E-state index in [1.54, 1.807) is 24.3 Å². The first-order valence-corrected chi connectivity index (χ1v) is 10.1. The number of thiocarbonyl (C=S) groups is 1. The Bertz CT molecular complexity index is 1210. The first-order chi connectivity index (χ1) is 15.0. The van der Waals surface area contributed by atoms with Crippen molar-refractivity contribution in [2.24, 2.45) is 0 Å². The van der Waals surface area contributed by atoms with Gasteiger partial charge in [0.2, 0.25) is 0 Å². The number of nitrogens with zero attached hydrogens (tertiary/aromatic N) is 1. The highest BCUT2D eigenvalue weighted by Crippen LogP contribution is 2.23. The van der Waals surface area contributed by atoms with Gasteiger partial charge in [0.25, 0.3) is 5.91 Å². The van der Waals surface area contributed by atoms with Crippen molar-refractivity contribution in [3.8, 4) is 0 Å². The largest absolute Gasteiger partial charge is 0.451 e. The topological polar surface area (TPSA) is 57.5 Å². The van der Waals surface area contributed by atoms with E-state index in [9.17, 15) is 9.18 Å². The van der Waals surface area contributed by atoms with Crippen molar-refractivity contribution in [1.82, 2.24) is 5.32 Å². The number of fused-ring (bicyclic) bond motifs is 1. The molecule has 0 bridgehead atoms. The summed E-state index contributed by atoms with van der Waals surface area (Å²) < 4.78 is 20.2. The maximum atomic E-state index is 14.7. The summed E-state index contributed by atoms with van der Waals surface area (Å²) in [5.74, 6) is -0.724. The summed E-state index contributed by atoms with van der Waals surface area (Å²) in [5.41, 5.74) is 2.60. The van der Waals surface area contributed by atoms with Crippen LogP contribution in [0.3, 0.4) is 0 Å². The third kappa shape index (κ3) is 4.90. The molecule has 0 saturated heterocycles. The number of para-hydroxylation sites is 1. The van der Waals surface area contributed by atoms with Gasteiger partial charge in [0.05, 0.1) is 5.69 Å². The van der Waals surface area contributed by atoms with Crippen molar-refractivity contribution in [2.75, 3.05) is 17.3 Å². The van der Waals surface area contributed by atoms with Crippen LogP contribution in [0.1, 0.15) is 16.1 Å². The van der Waals surface area contributed by atoms with Crippen LogP contribution in [0.25, 0.3) is 11.0 Å². The number of carbonyl (C=O) groups excluding carboxylic acids is 1. The van der Waals surface area contributed by atoms with Crippen LogP contribution in [-0.2, 0) is 6.54 Å². The van der Waals surface area contributed by atoms with Gasteiger partial charge in [-0.3, -0.25) is 10.1 Å². The zero-order valence-electron chi connectivity index (χ0n) is 16.8. The van der Waals surface area contributed by atoms with E-state index in [2.05, 4.69) is 10.6 Å². The molecule has 0 aliphatic carbocycles. The second-order valence-electron chi connectivity index (χ2n) is 7.06. The number of benzene rings is 3. The van der Waals surface area contributed by atoms with E-state index in [0.717, 1.165) is 10.9 Å². The summed E-state index contributed by atoms with van der Waals surface area (Å²) in [6.45, 7) is 0.580. The number of hydrogen-bond donors (Lipinski definition) is 2. The summed E-state index contributed by atoms with van der Waals surface area (Å²) in [6, 6.07) is 23.5. The highest BCUT2D eigenvalue weighted by Gasteiger charge is 2.14. The molecule has 0 fully saturated rings. The molecule has 0 aliphatic rings. The maximum Gasteiger partial charge on any atom is 0.293 e. The number of carbonyl (C=O) groups is 1. The fourth-order valence-corrected chi connectivity index (χ4v) is 3.47. The van der Waals surface area contributed by atoms with Crippen LogP contribution in [-0.4, -0.2) is 18.1 Å². The Labute approximate surface area is 184 Å². The molecule has 5 nitrogen and oxygen atoms in total. The molecule has 0 aliphatic heterocycles. The molecule has 0 spiro atoms. The summed E-state index contributed by atoms with van der Waals surface area (Å²) in [5, 5.41) is 6.26. The first-order valence-electron chi connectivity index (χ1n) is 9.65. The van der Waals surface area contributed by atoms with Crippen LogP contribution >= 0.6 is 12.2 Å². The maximum absolute atomic E-state index is 14.7. The third-order valence-electron chi connectivity index (χ3n) is 4.76. The molecule has 0 atom stereocenters. The Morgan fingerprint density at radius 3 is 2.52 bits per heavy atom. The lowest BCUT2D eigenvalue weighted by molar-refractivity contribution is 0.0953. The van der Waals surface area contributed by atoms with Crippen molar-refractivity contribution >= 4 is 45.6 Å². The van der Waals surface area contributed by atoms with E-state index in [1.807, 2.05) is 60.5 Å². The van der Waals surface area contributed by atoms with Gasteiger partial charge in [0.1, 0.15) is 11.4 Å². The van der Waals surface area contributed by atoms with Gasteiger partial charge in [0, 0.05) is 24.7 Å². The molecule has 0 radical (unpaired) electrons. The number of hydrogen-bond acceptors (Lipinski definition) is 4. The zero-order chi connectivity index (χ0) is 21.8. The van der Waals surface area contributed by atoms with Crippen molar-refractivity contribution in [1.29, 1.82) is 0 Å². The molecule has 31 heavy (non-hydrogen) atoms. The molecule has 1 aromatic heterocycles. The molecule has 4 rings (SSSR count). The Kier molecular flexibility index (Phi) is 5.95. The highest BCUT2D eigenvalue weighted by atomic mass is 32.1. The summed E-state index contributed by atoms with van der Waals surface area (Å²) in [6.07, 6.45) is 0. The fourth-order valence-electron chi connectivity index (χ4n) is 3.26. The van der Waals surface area contributed by atoms with Gasteiger partial charge in [0.15, 0.2) is 10.9 Å². The molecule has 156 valence electrons. The molecule has 3 aromatic carbocycles. The van der Waals surface area contributed by atoms with Crippen LogP contribution < -0.4 is 15.5 Å². The number of rotatable bonds is 5. The van der Waals surface area contributed by atoms with E-state index in [1.165, 1.54) is 6.07 Å². The van der Waals surface area contributed by atoms with Crippen LogP contribution in [0.5, 0.6) is 0 Å². The smallest absolute Gasteiger partial charge is 0.293 e. The third-order valence-corrected chi connectivity index (χ3v) is 4.96. The quantitative estimate of drug-likeness (QED) is 0.417. The minimum absolute atomic E-state index is 0.0512. The molecule has 0 saturated carbocycles. The minimum Gasteiger partial charge on any atom is -0.451 e. The summed E-state index contributed by atoms with van der Waals surface area (Å²) in [7, 11) is 1.83. The molecule has 1 amide bonds. The lowest BCUT2D eigenvalue weighted by Crippen LogP contribution is -2.33. The van der Waals surface area contributed by atoms with Crippen molar-refractivity contribution < 1.29 is 13.6 Å². The Hall–Kier alpha value is -3.71. The Morgan fingerprint density at radius 2 is 1.77 bits per heavy atom. The van der Waals surface area contributed by atoms with E-state index in [-0.39, 0.29) is 10.9 Å². The van der Waals surface area contributed by atoms with Crippen molar-refractivity contribution in [2.45, 2.75) is 6.54 Å². The van der Waals surface area contributed by atoms with Gasteiger partial charge < -0.3 is 14.6 Å². The second kappa shape index (κ2) is 8.97. The number of amides is 1. The van der Waals surface area contributed by atoms with Gasteiger partial charge in [-0.1, -0.05) is 48.5 Å². The Balaban J connectivity index is 1.39. The highest BCUT2D eigenvalue weighted by molar-refractivity contribution is 7.80. The molecule has 7 heteroatoms. The second-order valence-corrected chi connectivity index (χ2v) is 7.47. The molecule has 0 unspecified atom stereocenters. The molecule has 1 heterocycles. The lowest BCUT2D eigenvalue weighted by Gasteiger charge is -2.20. The minimum atomic E-state index is -0.478. The van der Waals surface area contributed by atoms with Gasteiger partial charge >= 0.3 is 0 Å². The average molecular weight is 434 g/mol. The van der Waals surface area contributed by atoms with E-state index >= 15 is 0 Å². The normalized spacial score (nSPS) is 10.6. The van der Waals surface area contributed by atoms with Crippen LogP contribution in [0.15, 0.2) is 83.3 Å². The molecular formula is C24H20FN3O2S. The lowest BCUT2D eigenvalue weighted by atomic mass is 10.2. The van der Waals surface area contributed by atoms with Gasteiger partial charge in [-0.15, -0.1) is 0 Å². The predicted octanol–water partition coefficient (Wildman–Crippen LogP) is 5.34. The van der Waals surface area contributed by atoms with E-state index in [4.69, 9.17) is 16.6 Å². The van der Waals surface area contributed by atoms with Crippen LogP contribution in [0.2, 0.25) is 0 Å². The monoisotopic (exact) mass is 433 g/mol. The number of furan rings is 1. The fraction of sp³-hybridized carbons (Fsp3) is 0.0833. The van der Waals surface area contributed by atoms with Crippen molar-refractivity contribution in [3.63, 3.8) is 0 Å². The molecule has 2 N–H and O–H groups in total.